The van der Waals surface area contributed by atoms with Crippen LogP contribution >= 0.6 is 0 Å². The second-order valence-electron chi connectivity index (χ2n) is 6.40. The molecule has 3 nitrogen and oxygen atoms in total. The van der Waals surface area contributed by atoms with Crippen molar-refractivity contribution in [1.29, 1.82) is 0 Å². The standard InChI is InChI=1S/C15H26N2O/c18-15(14-4-1-2-5-14)17-9-3-8-16(10-11-17)12-13-6-7-13/h13-14H,1-12H2. The van der Waals surface area contributed by atoms with E-state index in [9.17, 15) is 4.79 Å². The molecule has 0 aromatic rings. The van der Waals surface area contributed by atoms with Gasteiger partial charge >= 0.3 is 0 Å². The van der Waals surface area contributed by atoms with Crippen molar-refractivity contribution in [2.45, 2.75) is 44.9 Å². The van der Waals surface area contributed by atoms with E-state index in [0.29, 0.717) is 11.8 Å². The highest BCUT2D eigenvalue weighted by Gasteiger charge is 2.30. The van der Waals surface area contributed by atoms with Crippen LogP contribution in [0.3, 0.4) is 0 Å². The van der Waals surface area contributed by atoms with Crippen molar-refractivity contribution < 1.29 is 4.79 Å². The summed E-state index contributed by atoms with van der Waals surface area (Å²) in [4.78, 5) is 17.1. The zero-order valence-corrected chi connectivity index (χ0v) is 11.4. The summed E-state index contributed by atoms with van der Waals surface area (Å²) >= 11 is 0. The van der Waals surface area contributed by atoms with Crippen LogP contribution in [0, 0.1) is 11.8 Å². The Balaban J connectivity index is 1.49. The van der Waals surface area contributed by atoms with Crippen LogP contribution < -0.4 is 0 Å². The van der Waals surface area contributed by atoms with Gasteiger partial charge in [0.25, 0.3) is 0 Å². The fourth-order valence-electron chi connectivity index (χ4n) is 3.47. The van der Waals surface area contributed by atoms with Crippen LogP contribution in [0.4, 0.5) is 0 Å². The largest absolute Gasteiger partial charge is 0.341 e. The van der Waals surface area contributed by atoms with Gasteiger partial charge in [-0.25, -0.2) is 0 Å². The predicted molar refractivity (Wildman–Crippen MR) is 72.3 cm³/mol. The molecule has 0 aromatic carbocycles. The Morgan fingerprint density at radius 1 is 0.889 bits per heavy atom. The lowest BCUT2D eigenvalue weighted by Gasteiger charge is -2.24. The Kier molecular flexibility index (Phi) is 3.88. The van der Waals surface area contributed by atoms with Gasteiger partial charge in [0, 0.05) is 32.1 Å². The molecular formula is C15H26N2O. The van der Waals surface area contributed by atoms with E-state index in [1.807, 2.05) is 0 Å². The van der Waals surface area contributed by atoms with Crippen molar-refractivity contribution in [1.82, 2.24) is 9.80 Å². The third-order valence-corrected chi connectivity index (χ3v) is 4.82. The van der Waals surface area contributed by atoms with E-state index in [1.54, 1.807) is 0 Å². The zero-order chi connectivity index (χ0) is 12.4. The van der Waals surface area contributed by atoms with Gasteiger partial charge in [0.1, 0.15) is 0 Å². The lowest BCUT2D eigenvalue weighted by molar-refractivity contribution is -0.135. The third kappa shape index (κ3) is 3.05. The van der Waals surface area contributed by atoms with Crippen LogP contribution in [0.25, 0.3) is 0 Å². The summed E-state index contributed by atoms with van der Waals surface area (Å²) in [6.07, 6.45) is 8.84. The molecule has 1 amide bonds. The van der Waals surface area contributed by atoms with Crippen molar-refractivity contribution in [3.63, 3.8) is 0 Å². The Hall–Kier alpha value is -0.570. The highest BCUT2D eigenvalue weighted by atomic mass is 16.2. The monoisotopic (exact) mass is 250 g/mol. The molecule has 0 aromatic heterocycles. The average Bonchev–Trinajstić information content (AvgIpc) is 3.08. The second kappa shape index (κ2) is 5.60. The molecule has 0 radical (unpaired) electrons. The Morgan fingerprint density at radius 3 is 2.39 bits per heavy atom. The van der Waals surface area contributed by atoms with E-state index in [2.05, 4.69) is 9.80 Å². The minimum atomic E-state index is 0.361. The van der Waals surface area contributed by atoms with E-state index in [4.69, 9.17) is 0 Å². The Labute approximate surface area is 111 Å². The van der Waals surface area contributed by atoms with Crippen LogP contribution in [0.1, 0.15) is 44.9 Å². The van der Waals surface area contributed by atoms with E-state index in [-0.39, 0.29) is 0 Å². The molecule has 102 valence electrons. The summed E-state index contributed by atoms with van der Waals surface area (Å²) < 4.78 is 0. The van der Waals surface area contributed by atoms with Gasteiger partial charge in [0.15, 0.2) is 0 Å². The quantitative estimate of drug-likeness (QED) is 0.766. The second-order valence-corrected chi connectivity index (χ2v) is 6.40. The molecule has 3 fully saturated rings. The molecule has 1 heterocycles. The SMILES string of the molecule is O=C(C1CCCC1)N1CCCN(CC2CC2)CC1. The molecule has 0 bridgehead atoms. The number of rotatable bonds is 3. The Bertz CT molecular complexity index is 295. The Morgan fingerprint density at radius 2 is 1.67 bits per heavy atom. The van der Waals surface area contributed by atoms with Crippen molar-refractivity contribution in [2.75, 3.05) is 32.7 Å². The lowest BCUT2D eigenvalue weighted by Crippen LogP contribution is -2.38. The molecule has 3 rings (SSSR count). The molecule has 3 heteroatoms. The number of hydrogen-bond donors (Lipinski definition) is 0. The van der Waals surface area contributed by atoms with Crippen LogP contribution in [0.5, 0.6) is 0 Å². The molecule has 18 heavy (non-hydrogen) atoms. The maximum absolute atomic E-state index is 12.4. The summed E-state index contributed by atoms with van der Waals surface area (Å²) in [5.41, 5.74) is 0. The zero-order valence-electron chi connectivity index (χ0n) is 11.4. The molecule has 0 spiro atoms. The van der Waals surface area contributed by atoms with Crippen LogP contribution in [-0.4, -0.2) is 48.4 Å². The fraction of sp³-hybridized carbons (Fsp3) is 0.933. The smallest absolute Gasteiger partial charge is 0.225 e. The fourth-order valence-corrected chi connectivity index (χ4v) is 3.47. The van der Waals surface area contributed by atoms with Gasteiger partial charge in [-0.15, -0.1) is 0 Å². The summed E-state index contributed by atoms with van der Waals surface area (Å²) in [5.74, 6) is 1.79. The molecule has 0 unspecified atom stereocenters. The summed E-state index contributed by atoms with van der Waals surface area (Å²) in [5, 5.41) is 0. The van der Waals surface area contributed by atoms with Crippen LogP contribution in [0.2, 0.25) is 0 Å². The summed E-state index contributed by atoms with van der Waals surface area (Å²) in [7, 11) is 0. The number of amides is 1. The molecule has 3 aliphatic rings. The molecule has 1 saturated heterocycles. The van der Waals surface area contributed by atoms with E-state index in [1.165, 1.54) is 45.2 Å². The first kappa shape index (κ1) is 12.5. The first-order valence-corrected chi connectivity index (χ1v) is 7.84. The van der Waals surface area contributed by atoms with Gasteiger partial charge in [-0.05, 0) is 44.6 Å². The van der Waals surface area contributed by atoms with Gasteiger partial charge < -0.3 is 9.80 Å². The van der Waals surface area contributed by atoms with Crippen molar-refractivity contribution >= 4 is 5.91 Å². The lowest BCUT2D eigenvalue weighted by atomic mass is 10.1. The highest BCUT2D eigenvalue weighted by molar-refractivity contribution is 5.79. The van der Waals surface area contributed by atoms with E-state index >= 15 is 0 Å². The van der Waals surface area contributed by atoms with Crippen LogP contribution in [-0.2, 0) is 4.79 Å². The highest BCUT2D eigenvalue weighted by Crippen LogP contribution is 2.30. The molecule has 1 aliphatic heterocycles. The average molecular weight is 250 g/mol. The number of carbonyl (C=O) groups excluding carboxylic acids is 1. The minimum absolute atomic E-state index is 0.361. The number of carbonyl (C=O) groups is 1. The first-order valence-electron chi connectivity index (χ1n) is 7.84. The molecule has 0 atom stereocenters. The predicted octanol–water partition coefficient (Wildman–Crippen LogP) is 2.12. The summed E-state index contributed by atoms with van der Waals surface area (Å²) in [6, 6.07) is 0. The first-order chi connectivity index (χ1) is 8.83. The van der Waals surface area contributed by atoms with Gasteiger partial charge in [-0.1, -0.05) is 12.8 Å². The van der Waals surface area contributed by atoms with Crippen molar-refractivity contribution in [3.8, 4) is 0 Å². The minimum Gasteiger partial charge on any atom is -0.341 e. The van der Waals surface area contributed by atoms with Crippen molar-refractivity contribution in [2.24, 2.45) is 11.8 Å². The maximum atomic E-state index is 12.4. The number of hydrogen-bond acceptors (Lipinski definition) is 2. The topological polar surface area (TPSA) is 23.6 Å². The third-order valence-electron chi connectivity index (χ3n) is 4.82. The van der Waals surface area contributed by atoms with E-state index < -0.39 is 0 Å². The van der Waals surface area contributed by atoms with Crippen LogP contribution in [0.15, 0.2) is 0 Å². The molecule has 0 N–H and O–H groups in total. The van der Waals surface area contributed by atoms with E-state index in [0.717, 1.165) is 38.4 Å². The van der Waals surface area contributed by atoms with Crippen molar-refractivity contribution in [3.05, 3.63) is 0 Å². The van der Waals surface area contributed by atoms with Gasteiger partial charge in [0.05, 0.1) is 0 Å². The van der Waals surface area contributed by atoms with Gasteiger partial charge in [0.2, 0.25) is 5.91 Å². The summed E-state index contributed by atoms with van der Waals surface area (Å²) in [6.45, 7) is 5.56. The number of nitrogens with zero attached hydrogens (tertiary/aromatic N) is 2. The molecular weight excluding hydrogens is 224 g/mol. The van der Waals surface area contributed by atoms with Gasteiger partial charge in [-0.3, -0.25) is 4.79 Å². The molecule has 2 aliphatic carbocycles. The van der Waals surface area contributed by atoms with Gasteiger partial charge in [-0.2, -0.15) is 0 Å². The molecule has 2 saturated carbocycles. The maximum Gasteiger partial charge on any atom is 0.225 e. The normalized spacial score (nSPS) is 27.4.